The van der Waals surface area contributed by atoms with Gasteiger partial charge >= 0.3 is 0 Å². The molecule has 1 aromatic rings. The summed E-state index contributed by atoms with van der Waals surface area (Å²) in [6, 6.07) is 3.73. The molecule has 4 nitrogen and oxygen atoms in total. The Hall–Kier alpha value is -0.810. The highest BCUT2D eigenvalue weighted by Crippen LogP contribution is 2.31. The Morgan fingerprint density at radius 1 is 1.47 bits per heavy atom. The molecule has 0 aliphatic heterocycles. The van der Waals surface area contributed by atoms with Gasteiger partial charge in [0.15, 0.2) is 4.67 Å². The molecule has 0 aromatic carbocycles. The van der Waals surface area contributed by atoms with Gasteiger partial charge in [0.25, 0.3) is 0 Å². The first kappa shape index (κ1) is 14.6. The summed E-state index contributed by atoms with van der Waals surface area (Å²) in [5, 5.41) is 0. The normalized spacial score (nSPS) is 23.3. The number of hydrogen-bond acceptors (Lipinski definition) is 3. The molecule has 1 aliphatic carbocycles. The topological polar surface area (TPSA) is 59.5 Å². The molecule has 2 N–H and O–H groups in total. The minimum atomic E-state index is 0.0853. The molecule has 2 unspecified atom stereocenters. The first-order chi connectivity index (χ1) is 9.11. The third-order valence-corrected chi connectivity index (χ3v) is 4.35. The van der Waals surface area contributed by atoms with Crippen LogP contribution in [-0.2, 0) is 11.3 Å². The third-order valence-electron chi connectivity index (χ3n) is 3.93. The van der Waals surface area contributed by atoms with Crippen LogP contribution in [0.15, 0.2) is 21.2 Å². The van der Waals surface area contributed by atoms with Crippen molar-refractivity contribution in [3.05, 3.63) is 22.6 Å². The minimum absolute atomic E-state index is 0.0853. The van der Waals surface area contributed by atoms with Crippen molar-refractivity contribution in [3.8, 4) is 0 Å². The number of halogens is 1. The van der Waals surface area contributed by atoms with E-state index in [4.69, 9.17) is 10.2 Å². The smallest absolute Gasteiger partial charge is 0.226 e. The fourth-order valence-corrected chi connectivity index (χ4v) is 3.19. The first-order valence-corrected chi connectivity index (χ1v) is 7.60. The molecule has 0 spiro atoms. The van der Waals surface area contributed by atoms with Crippen molar-refractivity contribution in [2.24, 2.45) is 17.6 Å². The largest absolute Gasteiger partial charge is 0.452 e. The Balaban J connectivity index is 1.97. The highest BCUT2D eigenvalue weighted by molar-refractivity contribution is 9.10. The zero-order valence-electron chi connectivity index (χ0n) is 11.3. The number of carbonyl (C=O) groups excluding carboxylic acids is 1. The summed E-state index contributed by atoms with van der Waals surface area (Å²) in [7, 11) is 1.83. The summed E-state index contributed by atoms with van der Waals surface area (Å²) in [5.41, 5.74) is 5.79. The number of nitrogens with two attached hydrogens (primary N) is 1. The standard InChI is InChI=1S/C14H21BrN2O2/c1-17(9-11-6-7-13(15)19-11)14(18)12-5-3-2-4-10(12)8-16/h6-7,10,12H,2-5,8-9,16H2,1H3. The Bertz CT molecular complexity index is 433. The van der Waals surface area contributed by atoms with Crippen LogP contribution in [0.1, 0.15) is 31.4 Å². The molecule has 1 fully saturated rings. The maximum Gasteiger partial charge on any atom is 0.226 e. The number of carbonyl (C=O) groups is 1. The molecule has 1 aromatic heterocycles. The molecule has 2 rings (SSSR count). The van der Waals surface area contributed by atoms with Gasteiger partial charge in [-0.25, -0.2) is 0 Å². The number of amides is 1. The second-order valence-corrected chi connectivity index (χ2v) is 6.07. The van der Waals surface area contributed by atoms with E-state index < -0.39 is 0 Å². The summed E-state index contributed by atoms with van der Waals surface area (Å²) in [6.45, 7) is 1.12. The molecule has 106 valence electrons. The number of furan rings is 1. The van der Waals surface area contributed by atoms with Crippen molar-refractivity contribution in [2.45, 2.75) is 32.2 Å². The average Bonchev–Trinajstić information content (AvgIpc) is 2.83. The Morgan fingerprint density at radius 2 is 2.21 bits per heavy atom. The SMILES string of the molecule is CN(Cc1ccc(Br)o1)C(=O)C1CCCCC1CN. The van der Waals surface area contributed by atoms with E-state index in [0.717, 1.165) is 25.0 Å². The third kappa shape index (κ3) is 3.60. The van der Waals surface area contributed by atoms with Gasteiger partial charge in [-0.3, -0.25) is 4.79 Å². The van der Waals surface area contributed by atoms with Crippen LogP contribution in [0.5, 0.6) is 0 Å². The molecule has 2 atom stereocenters. The Labute approximate surface area is 122 Å². The average molecular weight is 329 g/mol. The molecule has 1 aliphatic rings. The molecule has 1 saturated carbocycles. The van der Waals surface area contributed by atoms with Crippen LogP contribution in [-0.4, -0.2) is 24.4 Å². The van der Waals surface area contributed by atoms with Crippen LogP contribution in [0.4, 0.5) is 0 Å². The maximum atomic E-state index is 12.5. The fraction of sp³-hybridized carbons (Fsp3) is 0.643. The van der Waals surface area contributed by atoms with Gasteiger partial charge in [-0.15, -0.1) is 0 Å². The summed E-state index contributed by atoms with van der Waals surface area (Å²) in [5.74, 6) is 1.42. The number of nitrogens with zero attached hydrogens (tertiary/aromatic N) is 1. The van der Waals surface area contributed by atoms with E-state index in [2.05, 4.69) is 15.9 Å². The minimum Gasteiger partial charge on any atom is -0.452 e. The zero-order valence-corrected chi connectivity index (χ0v) is 12.9. The monoisotopic (exact) mass is 328 g/mol. The van der Waals surface area contributed by atoms with Crippen molar-refractivity contribution in [1.29, 1.82) is 0 Å². The lowest BCUT2D eigenvalue weighted by molar-refractivity contribution is -0.137. The quantitative estimate of drug-likeness (QED) is 0.924. The van der Waals surface area contributed by atoms with E-state index in [1.807, 2.05) is 19.2 Å². The van der Waals surface area contributed by atoms with E-state index in [0.29, 0.717) is 23.7 Å². The predicted octanol–water partition coefficient (Wildman–Crippen LogP) is 2.77. The molecule has 0 saturated heterocycles. The lowest BCUT2D eigenvalue weighted by Crippen LogP contribution is -2.40. The van der Waals surface area contributed by atoms with E-state index in [-0.39, 0.29) is 11.8 Å². The number of hydrogen-bond donors (Lipinski definition) is 1. The molecular formula is C14H21BrN2O2. The van der Waals surface area contributed by atoms with E-state index in [9.17, 15) is 4.79 Å². The van der Waals surface area contributed by atoms with Crippen molar-refractivity contribution in [1.82, 2.24) is 4.90 Å². The highest BCUT2D eigenvalue weighted by atomic mass is 79.9. The van der Waals surface area contributed by atoms with Crippen molar-refractivity contribution < 1.29 is 9.21 Å². The molecule has 0 bridgehead atoms. The summed E-state index contributed by atoms with van der Waals surface area (Å²) < 4.78 is 6.14. The molecule has 19 heavy (non-hydrogen) atoms. The Morgan fingerprint density at radius 3 is 2.84 bits per heavy atom. The van der Waals surface area contributed by atoms with Crippen LogP contribution in [0.25, 0.3) is 0 Å². The molecule has 1 heterocycles. The molecular weight excluding hydrogens is 308 g/mol. The highest BCUT2D eigenvalue weighted by Gasteiger charge is 2.31. The fourth-order valence-electron chi connectivity index (χ4n) is 2.85. The predicted molar refractivity (Wildman–Crippen MR) is 77.4 cm³/mol. The van der Waals surface area contributed by atoms with Crippen LogP contribution in [0.2, 0.25) is 0 Å². The maximum absolute atomic E-state index is 12.5. The lowest BCUT2D eigenvalue weighted by Gasteiger charge is -2.32. The van der Waals surface area contributed by atoms with E-state index in [1.165, 1.54) is 6.42 Å². The van der Waals surface area contributed by atoms with Gasteiger partial charge < -0.3 is 15.1 Å². The summed E-state index contributed by atoms with van der Waals surface area (Å²) >= 11 is 3.27. The van der Waals surface area contributed by atoms with Crippen LogP contribution in [0, 0.1) is 11.8 Å². The van der Waals surface area contributed by atoms with Crippen molar-refractivity contribution >= 4 is 21.8 Å². The number of rotatable bonds is 4. The van der Waals surface area contributed by atoms with Gasteiger partial charge in [0.1, 0.15) is 5.76 Å². The van der Waals surface area contributed by atoms with Crippen molar-refractivity contribution in [3.63, 3.8) is 0 Å². The van der Waals surface area contributed by atoms with Gasteiger partial charge in [0.2, 0.25) is 5.91 Å². The van der Waals surface area contributed by atoms with Crippen molar-refractivity contribution in [2.75, 3.05) is 13.6 Å². The van der Waals surface area contributed by atoms with Gasteiger partial charge in [-0.1, -0.05) is 12.8 Å². The second kappa shape index (κ2) is 6.57. The van der Waals surface area contributed by atoms with Gasteiger partial charge in [0.05, 0.1) is 6.54 Å². The van der Waals surface area contributed by atoms with Crippen LogP contribution in [0.3, 0.4) is 0 Å². The molecule has 1 amide bonds. The second-order valence-electron chi connectivity index (χ2n) is 5.29. The van der Waals surface area contributed by atoms with Gasteiger partial charge in [-0.2, -0.15) is 0 Å². The molecule has 0 radical (unpaired) electrons. The van der Waals surface area contributed by atoms with Gasteiger partial charge in [-0.05, 0) is 53.4 Å². The van der Waals surface area contributed by atoms with E-state index in [1.54, 1.807) is 4.90 Å². The van der Waals surface area contributed by atoms with Crippen LogP contribution >= 0.6 is 15.9 Å². The van der Waals surface area contributed by atoms with Gasteiger partial charge in [0, 0.05) is 13.0 Å². The van der Waals surface area contributed by atoms with E-state index >= 15 is 0 Å². The lowest BCUT2D eigenvalue weighted by atomic mass is 9.78. The zero-order chi connectivity index (χ0) is 13.8. The van der Waals surface area contributed by atoms with Crippen LogP contribution < -0.4 is 5.73 Å². The first-order valence-electron chi connectivity index (χ1n) is 6.81. The summed E-state index contributed by atoms with van der Waals surface area (Å²) in [6.07, 6.45) is 4.37. The molecule has 5 heteroatoms. The Kier molecular flexibility index (Phi) is 5.05. The summed E-state index contributed by atoms with van der Waals surface area (Å²) in [4.78, 5) is 14.2.